The number of carbonyl (C=O) groups excluding carboxylic acids is 1. The lowest BCUT2D eigenvalue weighted by Crippen LogP contribution is -2.23. The summed E-state index contributed by atoms with van der Waals surface area (Å²) in [6.45, 7) is 6.24. The van der Waals surface area contributed by atoms with E-state index >= 15 is 0 Å². The van der Waals surface area contributed by atoms with Gasteiger partial charge in [0.15, 0.2) is 0 Å². The molecule has 7 heteroatoms. The van der Waals surface area contributed by atoms with Crippen molar-refractivity contribution < 1.29 is 9.32 Å². The minimum absolute atomic E-state index is 0.0898. The van der Waals surface area contributed by atoms with Crippen LogP contribution in [-0.2, 0) is 17.8 Å². The summed E-state index contributed by atoms with van der Waals surface area (Å²) in [5.74, 6) is -0.171. The van der Waals surface area contributed by atoms with Crippen molar-refractivity contribution in [3.05, 3.63) is 75.8 Å². The number of rotatable bonds is 6. The molecule has 0 spiro atoms. The van der Waals surface area contributed by atoms with E-state index in [1.807, 2.05) is 56.3 Å². The van der Waals surface area contributed by atoms with Crippen LogP contribution in [0.1, 0.15) is 30.0 Å². The van der Waals surface area contributed by atoms with Crippen molar-refractivity contribution in [1.29, 1.82) is 0 Å². The topological polar surface area (TPSA) is 90.0 Å². The number of benzene rings is 2. The Morgan fingerprint density at radius 2 is 1.90 bits per heavy atom. The van der Waals surface area contributed by atoms with Gasteiger partial charge in [-0.3, -0.25) is 14.2 Å². The first-order valence-corrected chi connectivity index (χ1v) is 10.3. The van der Waals surface area contributed by atoms with Gasteiger partial charge in [-0.05, 0) is 43.0 Å². The number of carbonyl (C=O) groups is 1. The number of hydrogen-bond donors (Lipinski definition) is 1. The molecule has 0 aliphatic rings. The van der Waals surface area contributed by atoms with Gasteiger partial charge in [0.05, 0.1) is 6.33 Å². The standard InChI is InChI=1S/C24H24N4O3/c1-4-17-8-10-18(11-9-17)21-22-23(31-27-21)24(30)28(14-25-22)13-12-20(29)26-19-7-5-6-15(2)16(19)3/h5-11,14H,4,12-13H2,1-3H3,(H,26,29). The van der Waals surface area contributed by atoms with E-state index in [9.17, 15) is 9.59 Å². The lowest BCUT2D eigenvalue weighted by molar-refractivity contribution is -0.116. The number of nitrogens with zero attached hydrogens (tertiary/aromatic N) is 3. The predicted octanol–water partition coefficient (Wildman–Crippen LogP) is 4.26. The summed E-state index contributed by atoms with van der Waals surface area (Å²) in [6, 6.07) is 13.7. The predicted molar refractivity (Wildman–Crippen MR) is 120 cm³/mol. The zero-order valence-corrected chi connectivity index (χ0v) is 17.8. The van der Waals surface area contributed by atoms with Crippen LogP contribution in [0.3, 0.4) is 0 Å². The molecule has 1 N–H and O–H groups in total. The molecular weight excluding hydrogens is 392 g/mol. The Labute approximate surface area is 179 Å². The van der Waals surface area contributed by atoms with Crippen molar-refractivity contribution in [1.82, 2.24) is 14.7 Å². The molecule has 4 aromatic rings. The Balaban J connectivity index is 1.51. The van der Waals surface area contributed by atoms with E-state index in [0.29, 0.717) is 11.2 Å². The SMILES string of the molecule is CCc1ccc(-c2noc3c(=O)n(CCC(=O)Nc4cccc(C)c4C)cnc23)cc1. The Bertz CT molecular complexity index is 1300. The molecule has 1 amide bonds. The minimum atomic E-state index is -0.353. The van der Waals surface area contributed by atoms with E-state index in [-0.39, 0.29) is 30.0 Å². The molecule has 0 saturated heterocycles. The van der Waals surface area contributed by atoms with Crippen molar-refractivity contribution in [3.63, 3.8) is 0 Å². The molecule has 4 rings (SSSR count). The fraction of sp³-hybridized carbons (Fsp3) is 0.250. The zero-order chi connectivity index (χ0) is 22.0. The van der Waals surface area contributed by atoms with Crippen molar-refractivity contribution in [3.8, 4) is 11.3 Å². The van der Waals surface area contributed by atoms with Crippen LogP contribution in [0.5, 0.6) is 0 Å². The average molecular weight is 416 g/mol. The van der Waals surface area contributed by atoms with Crippen molar-refractivity contribution in [2.75, 3.05) is 5.32 Å². The molecule has 7 nitrogen and oxygen atoms in total. The molecule has 0 aliphatic carbocycles. The minimum Gasteiger partial charge on any atom is -0.348 e. The first-order valence-electron chi connectivity index (χ1n) is 10.3. The number of amides is 1. The fourth-order valence-corrected chi connectivity index (χ4v) is 3.42. The summed E-state index contributed by atoms with van der Waals surface area (Å²) in [7, 11) is 0. The third kappa shape index (κ3) is 4.12. The third-order valence-electron chi connectivity index (χ3n) is 5.54. The highest BCUT2D eigenvalue weighted by Crippen LogP contribution is 2.25. The lowest BCUT2D eigenvalue weighted by Gasteiger charge is -2.10. The van der Waals surface area contributed by atoms with Gasteiger partial charge in [0.25, 0.3) is 11.1 Å². The number of hydrogen-bond acceptors (Lipinski definition) is 5. The second-order valence-electron chi connectivity index (χ2n) is 7.55. The molecule has 0 fully saturated rings. The molecule has 2 aromatic heterocycles. The van der Waals surface area contributed by atoms with Gasteiger partial charge >= 0.3 is 0 Å². The van der Waals surface area contributed by atoms with Crippen LogP contribution in [-0.4, -0.2) is 20.6 Å². The maximum Gasteiger partial charge on any atom is 0.299 e. The number of aromatic nitrogens is 3. The summed E-state index contributed by atoms with van der Waals surface area (Å²) in [4.78, 5) is 29.6. The number of aryl methyl sites for hydroxylation is 3. The molecule has 31 heavy (non-hydrogen) atoms. The fourth-order valence-electron chi connectivity index (χ4n) is 3.42. The zero-order valence-electron chi connectivity index (χ0n) is 17.8. The van der Waals surface area contributed by atoms with Crippen molar-refractivity contribution >= 4 is 22.7 Å². The van der Waals surface area contributed by atoms with Crippen molar-refractivity contribution in [2.45, 2.75) is 40.2 Å². The average Bonchev–Trinajstić information content (AvgIpc) is 3.21. The highest BCUT2D eigenvalue weighted by Gasteiger charge is 2.17. The smallest absolute Gasteiger partial charge is 0.299 e. The second-order valence-corrected chi connectivity index (χ2v) is 7.55. The summed E-state index contributed by atoms with van der Waals surface area (Å²) in [5, 5.41) is 6.96. The second kappa shape index (κ2) is 8.55. The van der Waals surface area contributed by atoms with Gasteiger partial charge in [-0.15, -0.1) is 0 Å². The Kier molecular flexibility index (Phi) is 5.66. The number of fused-ring (bicyclic) bond motifs is 1. The summed E-state index contributed by atoms with van der Waals surface area (Å²) in [6.07, 6.45) is 2.52. The van der Waals surface area contributed by atoms with Gasteiger partial charge in [-0.2, -0.15) is 0 Å². The highest BCUT2D eigenvalue weighted by molar-refractivity contribution is 5.91. The number of nitrogens with one attached hydrogen (secondary N) is 1. The van der Waals surface area contributed by atoms with Gasteiger partial charge in [-0.1, -0.05) is 48.5 Å². The molecule has 0 atom stereocenters. The van der Waals surface area contributed by atoms with Crippen LogP contribution in [0, 0.1) is 13.8 Å². The molecule has 158 valence electrons. The molecule has 0 unspecified atom stereocenters. The Hall–Kier alpha value is -3.74. The quantitative estimate of drug-likeness (QED) is 0.507. The van der Waals surface area contributed by atoms with E-state index in [1.165, 1.54) is 16.5 Å². The van der Waals surface area contributed by atoms with Crippen LogP contribution < -0.4 is 10.9 Å². The summed E-state index contributed by atoms with van der Waals surface area (Å²) < 4.78 is 6.69. The first-order chi connectivity index (χ1) is 15.0. The largest absolute Gasteiger partial charge is 0.348 e. The van der Waals surface area contributed by atoms with Crippen LogP contribution in [0.25, 0.3) is 22.4 Å². The van der Waals surface area contributed by atoms with E-state index in [1.54, 1.807) is 0 Å². The van der Waals surface area contributed by atoms with Crippen LogP contribution in [0.15, 0.2) is 58.1 Å². The molecular formula is C24H24N4O3. The van der Waals surface area contributed by atoms with Gasteiger partial charge in [-0.25, -0.2) is 4.98 Å². The van der Waals surface area contributed by atoms with Crippen LogP contribution in [0.2, 0.25) is 0 Å². The summed E-state index contributed by atoms with van der Waals surface area (Å²) in [5.41, 5.74) is 5.66. The van der Waals surface area contributed by atoms with E-state index in [4.69, 9.17) is 4.52 Å². The normalized spacial score (nSPS) is 11.1. The van der Waals surface area contributed by atoms with Gasteiger partial charge < -0.3 is 9.84 Å². The monoisotopic (exact) mass is 416 g/mol. The third-order valence-corrected chi connectivity index (χ3v) is 5.54. The Morgan fingerprint density at radius 3 is 2.65 bits per heavy atom. The van der Waals surface area contributed by atoms with Crippen LogP contribution >= 0.6 is 0 Å². The lowest BCUT2D eigenvalue weighted by atomic mass is 10.1. The van der Waals surface area contributed by atoms with E-state index in [2.05, 4.69) is 22.4 Å². The molecule has 0 radical (unpaired) electrons. The van der Waals surface area contributed by atoms with Crippen molar-refractivity contribution in [2.24, 2.45) is 0 Å². The maximum atomic E-state index is 12.8. The molecule has 0 saturated carbocycles. The molecule has 2 aromatic carbocycles. The van der Waals surface area contributed by atoms with Gasteiger partial charge in [0, 0.05) is 24.2 Å². The first kappa shape index (κ1) is 20.5. The van der Waals surface area contributed by atoms with Gasteiger partial charge in [0.1, 0.15) is 11.2 Å². The molecule has 2 heterocycles. The summed E-state index contributed by atoms with van der Waals surface area (Å²) >= 11 is 0. The van der Waals surface area contributed by atoms with Crippen LogP contribution in [0.4, 0.5) is 5.69 Å². The highest BCUT2D eigenvalue weighted by atomic mass is 16.5. The van der Waals surface area contributed by atoms with Gasteiger partial charge in [0.2, 0.25) is 5.91 Å². The Morgan fingerprint density at radius 1 is 1.13 bits per heavy atom. The van der Waals surface area contributed by atoms with E-state index in [0.717, 1.165) is 28.8 Å². The molecule has 0 aliphatic heterocycles. The molecule has 0 bridgehead atoms. The number of anilines is 1. The maximum absolute atomic E-state index is 12.8. The van der Waals surface area contributed by atoms with E-state index < -0.39 is 0 Å².